The first-order chi connectivity index (χ1) is 10.8. The number of sulfonamides is 1. The molecule has 0 heterocycles. The second-order valence-corrected chi connectivity index (χ2v) is 6.48. The maximum Gasteiger partial charge on any atom is 0.269 e. The van der Waals surface area contributed by atoms with Crippen LogP contribution in [0.25, 0.3) is 0 Å². The Bertz CT molecular complexity index is 833. The Morgan fingerprint density at radius 1 is 0.826 bits per heavy atom. The number of carbonyl (C=O) groups excluding carboxylic acids is 2. The van der Waals surface area contributed by atoms with E-state index < -0.39 is 21.8 Å². The van der Waals surface area contributed by atoms with Crippen LogP contribution in [-0.2, 0) is 10.0 Å². The molecule has 0 aliphatic heterocycles. The van der Waals surface area contributed by atoms with Crippen molar-refractivity contribution in [2.75, 3.05) is 0 Å². The second-order valence-electron chi connectivity index (χ2n) is 4.48. The largest absolute Gasteiger partial charge is 0.269 e. The molecule has 0 atom stereocenters. The quantitative estimate of drug-likeness (QED) is 0.715. The van der Waals surface area contributed by atoms with Gasteiger partial charge in [-0.1, -0.05) is 11.6 Å². The summed E-state index contributed by atoms with van der Waals surface area (Å²) >= 11 is 5.72. The first-order valence-electron chi connectivity index (χ1n) is 6.26. The van der Waals surface area contributed by atoms with E-state index in [1.807, 2.05) is 0 Å². The van der Waals surface area contributed by atoms with Gasteiger partial charge in [-0.15, -0.1) is 0 Å². The Labute approximate surface area is 137 Å². The van der Waals surface area contributed by atoms with Gasteiger partial charge in [-0.2, -0.15) is 0 Å². The molecule has 0 radical (unpaired) electrons. The van der Waals surface area contributed by atoms with Crippen molar-refractivity contribution >= 4 is 33.4 Å². The van der Waals surface area contributed by atoms with Crippen LogP contribution in [0.4, 0.5) is 0 Å². The monoisotopic (exact) mass is 353 g/mol. The zero-order chi connectivity index (χ0) is 17.0. The molecule has 0 fully saturated rings. The topological polar surface area (TPSA) is 118 Å². The maximum absolute atomic E-state index is 11.9. The minimum Gasteiger partial charge on any atom is -0.267 e. The number of primary sulfonamides is 1. The fourth-order valence-electron chi connectivity index (χ4n) is 1.66. The number of hydrogen-bond donors (Lipinski definition) is 3. The lowest BCUT2D eigenvalue weighted by molar-refractivity contribution is 0.0846. The van der Waals surface area contributed by atoms with E-state index in [1.165, 1.54) is 36.4 Å². The predicted molar refractivity (Wildman–Crippen MR) is 84.2 cm³/mol. The van der Waals surface area contributed by atoms with Crippen molar-refractivity contribution in [3.05, 3.63) is 64.7 Å². The lowest BCUT2D eigenvalue weighted by atomic mass is 10.2. The summed E-state index contributed by atoms with van der Waals surface area (Å²) in [6.45, 7) is 0. The van der Waals surface area contributed by atoms with Crippen molar-refractivity contribution in [3.63, 3.8) is 0 Å². The summed E-state index contributed by atoms with van der Waals surface area (Å²) in [6.07, 6.45) is 0. The number of rotatable bonds is 3. The van der Waals surface area contributed by atoms with Gasteiger partial charge in [-0.05, 0) is 48.5 Å². The number of benzene rings is 2. The number of hydrazine groups is 1. The van der Waals surface area contributed by atoms with E-state index in [1.54, 1.807) is 12.1 Å². The van der Waals surface area contributed by atoms with E-state index in [9.17, 15) is 18.0 Å². The van der Waals surface area contributed by atoms with E-state index in [2.05, 4.69) is 10.9 Å². The van der Waals surface area contributed by atoms with Gasteiger partial charge in [-0.25, -0.2) is 13.6 Å². The van der Waals surface area contributed by atoms with Crippen LogP contribution in [0.3, 0.4) is 0 Å². The minimum absolute atomic E-state index is 0.112. The third kappa shape index (κ3) is 4.52. The van der Waals surface area contributed by atoms with Gasteiger partial charge in [0.15, 0.2) is 0 Å². The minimum atomic E-state index is -3.82. The summed E-state index contributed by atoms with van der Waals surface area (Å²) in [6, 6.07) is 11.1. The van der Waals surface area contributed by atoms with Crippen molar-refractivity contribution in [3.8, 4) is 0 Å². The number of carbonyl (C=O) groups is 2. The lowest BCUT2D eigenvalue weighted by Crippen LogP contribution is -2.41. The summed E-state index contributed by atoms with van der Waals surface area (Å²) in [4.78, 5) is 23.6. The van der Waals surface area contributed by atoms with Gasteiger partial charge < -0.3 is 0 Å². The van der Waals surface area contributed by atoms with Gasteiger partial charge in [0.2, 0.25) is 10.0 Å². The Kier molecular flexibility index (Phi) is 4.99. The molecule has 0 bridgehead atoms. The Balaban J connectivity index is 1.99. The third-order valence-corrected chi connectivity index (χ3v) is 4.02. The first kappa shape index (κ1) is 16.9. The van der Waals surface area contributed by atoms with Crippen LogP contribution in [0.15, 0.2) is 53.4 Å². The van der Waals surface area contributed by atoms with Crippen molar-refractivity contribution in [1.29, 1.82) is 0 Å². The van der Waals surface area contributed by atoms with Crippen molar-refractivity contribution < 1.29 is 18.0 Å². The zero-order valence-corrected chi connectivity index (χ0v) is 13.2. The van der Waals surface area contributed by atoms with E-state index >= 15 is 0 Å². The van der Waals surface area contributed by atoms with Gasteiger partial charge in [0.25, 0.3) is 11.8 Å². The standard InChI is InChI=1S/C14H12ClN3O4S/c15-11-5-1-9(2-6-11)13(19)17-18-14(20)10-3-7-12(8-4-10)23(16,21)22/h1-8H,(H,17,19)(H,18,20)(H2,16,21,22). The Morgan fingerprint density at radius 2 is 1.22 bits per heavy atom. The van der Waals surface area contributed by atoms with Crippen molar-refractivity contribution in [2.45, 2.75) is 4.90 Å². The Morgan fingerprint density at radius 3 is 1.61 bits per heavy atom. The predicted octanol–water partition coefficient (Wildman–Crippen LogP) is 1.06. The number of nitrogens with one attached hydrogen (secondary N) is 2. The number of nitrogens with two attached hydrogens (primary N) is 1. The normalized spacial score (nSPS) is 10.9. The number of halogens is 1. The summed E-state index contributed by atoms with van der Waals surface area (Å²) in [5.74, 6) is -1.12. The second kappa shape index (κ2) is 6.78. The molecule has 7 nitrogen and oxygen atoms in total. The van der Waals surface area contributed by atoms with Gasteiger partial charge in [-0.3, -0.25) is 20.4 Å². The zero-order valence-electron chi connectivity index (χ0n) is 11.6. The van der Waals surface area contributed by atoms with Crippen LogP contribution in [-0.4, -0.2) is 20.2 Å². The molecule has 4 N–H and O–H groups in total. The molecule has 0 spiro atoms. The van der Waals surface area contributed by atoms with Gasteiger partial charge >= 0.3 is 0 Å². The fourth-order valence-corrected chi connectivity index (χ4v) is 2.30. The van der Waals surface area contributed by atoms with Gasteiger partial charge in [0, 0.05) is 16.1 Å². The van der Waals surface area contributed by atoms with E-state index in [4.69, 9.17) is 16.7 Å². The summed E-state index contributed by atoms with van der Waals surface area (Å²) in [5.41, 5.74) is 4.93. The molecule has 0 unspecified atom stereocenters. The molecule has 2 aromatic rings. The van der Waals surface area contributed by atoms with Crippen LogP contribution in [0.2, 0.25) is 5.02 Å². The van der Waals surface area contributed by atoms with E-state index in [0.29, 0.717) is 10.6 Å². The highest BCUT2D eigenvalue weighted by molar-refractivity contribution is 7.89. The highest BCUT2D eigenvalue weighted by Gasteiger charge is 2.11. The average molecular weight is 354 g/mol. The SMILES string of the molecule is NS(=O)(=O)c1ccc(C(=O)NNC(=O)c2ccc(Cl)cc2)cc1. The molecular formula is C14H12ClN3O4S. The molecule has 0 saturated heterocycles. The third-order valence-electron chi connectivity index (χ3n) is 2.84. The van der Waals surface area contributed by atoms with Crippen LogP contribution in [0.5, 0.6) is 0 Å². The van der Waals surface area contributed by atoms with Crippen LogP contribution in [0, 0.1) is 0 Å². The Hall–Kier alpha value is -2.42. The fraction of sp³-hybridized carbons (Fsp3) is 0. The summed E-state index contributed by atoms with van der Waals surface area (Å²) in [5, 5.41) is 5.45. The molecule has 2 rings (SSSR count). The lowest BCUT2D eigenvalue weighted by Gasteiger charge is -2.08. The van der Waals surface area contributed by atoms with Crippen molar-refractivity contribution in [2.24, 2.45) is 5.14 Å². The van der Waals surface area contributed by atoms with Crippen LogP contribution in [0.1, 0.15) is 20.7 Å². The van der Waals surface area contributed by atoms with E-state index in [-0.39, 0.29) is 10.5 Å². The average Bonchev–Trinajstić information content (AvgIpc) is 2.52. The summed E-state index contributed by atoms with van der Waals surface area (Å²) < 4.78 is 22.2. The van der Waals surface area contributed by atoms with Gasteiger partial charge in [0.1, 0.15) is 0 Å². The maximum atomic E-state index is 11.9. The highest BCUT2D eigenvalue weighted by atomic mass is 35.5. The molecular weight excluding hydrogens is 342 g/mol. The molecule has 0 aromatic heterocycles. The molecule has 0 saturated carbocycles. The molecule has 23 heavy (non-hydrogen) atoms. The summed E-state index contributed by atoms with van der Waals surface area (Å²) in [7, 11) is -3.82. The van der Waals surface area contributed by atoms with Crippen LogP contribution < -0.4 is 16.0 Å². The van der Waals surface area contributed by atoms with E-state index in [0.717, 1.165) is 0 Å². The molecule has 2 amide bonds. The van der Waals surface area contributed by atoms with Crippen molar-refractivity contribution in [1.82, 2.24) is 10.9 Å². The number of amides is 2. The first-order valence-corrected chi connectivity index (χ1v) is 8.19. The molecule has 2 aromatic carbocycles. The highest BCUT2D eigenvalue weighted by Crippen LogP contribution is 2.10. The molecule has 0 aliphatic rings. The smallest absolute Gasteiger partial charge is 0.267 e. The molecule has 0 aliphatic carbocycles. The molecule has 120 valence electrons. The number of hydrogen-bond acceptors (Lipinski definition) is 4. The van der Waals surface area contributed by atoms with Gasteiger partial charge in [0.05, 0.1) is 4.90 Å². The van der Waals surface area contributed by atoms with Crippen LogP contribution >= 0.6 is 11.6 Å². The molecule has 9 heteroatoms.